The van der Waals surface area contributed by atoms with Crippen molar-refractivity contribution in [3.05, 3.63) is 0 Å². The predicted molar refractivity (Wildman–Crippen MR) is 43.8 cm³/mol. The van der Waals surface area contributed by atoms with Crippen LogP contribution in [0.15, 0.2) is 0 Å². The average molecular weight is 178 g/mol. The Labute approximate surface area is 67.4 Å². The Balaban J connectivity index is 2.41. The second-order valence-electron chi connectivity index (χ2n) is 3.13. The lowest BCUT2D eigenvalue weighted by molar-refractivity contribution is 0.563. The van der Waals surface area contributed by atoms with Gasteiger partial charge in [0.25, 0.3) is 0 Å². The van der Waals surface area contributed by atoms with Gasteiger partial charge in [-0.15, -0.1) is 0 Å². The van der Waals surface area contributed by atoms with Crippen LogP contribution >= 0.6 is 0 Å². The van der Waals surface area contributed by atoms with E-state index in [0.717, 1.165) is 13.0 Å². The van der Waals surface area contributed by atoms with Crippen molar-refractivity contribution in [1.82, 2.24) is 10.0 Å². The maximum Gasteiger partial charge on any atom is 0.208 e. The van der Waals surface area contributed by atoms with E-state index in [4.69, 9.17) is 0 Å². The molecule has 0 aromatic heterocycles. The van der Waals surface area contributed by atoms with Gasteiger partial charge in [-0.2, -0.15) is 0 Å². The molecule has 0 saturated carbocycles. The lowest BCUT2D eigenvalue weighted by atomic mass is 10.2. The highest BCUT2D eigenvalue weighted by atomic mass is 32.2. The van der Waals surface area contributed by atoms with Gasteiger partial charge in [0.2, 0.25) is 10.0 Å². The molecule has 5 heteroatoms. The van der Waals surface area contributed by atoms with Crippen LogP contribution in [0.2, 0.25) is 0 Å². The average Bonchev–Trinajstić information content (AvgIpc) is 2.10. The Hall–Kier alpha value is -0.130. The van der Waals surface area contributed by atoms with Gasteiger partial charge < -0.3 is 5.32 Å². The Morgan fingerprint density at radius 3 is 2.55 bits per heavy atom. The quantitative estimate of drug-likeness (QED) is 0.587. The molecule has 0 unspecified atom stereocenters. The van der Waals surface area contributed by atoms with Crippen molar-refractivity contribution in [1.29, 1.82) is 0 Å². The van der Waals surface area contributed by atoms with Gasteiger partial charge in [0.15, 0.2) is 0 Å². The molecule has 0 radical (unpaired) electrons. The summed E-state index contributed by atoms with van der Waals surface area (Å²) in [6.07, 6.45) is 2.07. The normalized spacial score (nSPS) is 32.5. The lowest BCUT2D eigenvalue weighted by Gasteiger charge is -2.07. The third kappa shape index (κ3) is 3.18. The monoisotopic (exact) mass is 178 g/mol. The molecule has 1 aliphatic rings. The zero-order valence-electron chi connectivity index (χ0n) is 6.79. The Morgan fingerprint density at radius 2 is 2.18 bits per heavy atom. The molecule has 1 fully saturated rings. The van der Waals surface area contributed by atoms with Crippen LogP contribution < -0.4 is 10.0 Å². The highest BCUT2D eigenvalue weighted by molar-refractivity contribution is 7.88. The fourth-order valence-electron chi connectivity index (χ4n) is 1.33. The van der Waals surface area contributed by atoms with E-state index in [1.807, 2.05) is 6.92 Å². The first-order valence-corrected chi connectivity index (χ1v) is 5.57. The third-order valence-corrected chi connectivity index (χ3v) is 2.49. The van der Waals surface area contributed by atoms with Crippen LogP contribution in [0.4, 0.5) is 0 Å². The van der Waals surface area contributed by atoms with Crippen LogP contribution in [0.3, 0.4) is 0 Å². The molecule has 0 aromatic carbocycles. The van der Waals surface area contributed by atoms with Gasteiger partial charge in [-0.05, 0) is 13.3 Å². The minimum atomic E-state index is -3.02. The Morgan fingerprint density at radius 1 is 1.55 bits per heavy atom. The van der Waals surface area contributed by atoms with Gasteiger partial charge in [-0.25, -0.2) is 13.1 Å². The minimum Gasteiger partial charge on any atom is -0.313 e. The first kappa shape index (κ1) is 8.96. The van der Waals surface area contributed by atoms with Crippen LogP contribution in [-0.4, -0.2) is 33.3 Å². The summed E-state index contributed by atoms with van der Waals surface area (Å²) in [4.78, 5) is 0. The predicted octanol–water partition coefficient (Wildman–Crippen LogP) is -0.714. The molecule has 2 atom stereocenters. The largest absolute Gasteiger partial charge is 0.313 e. The summed E-state index contributed by atoms with van der Waals surface area (Å²) in [6, 6.07) is 0.509. The Bertz CT molecular complexity index is 225. The van der Waals surface area contributed by atoms with Crippen LogP contribution in [0.1, 0.15) is 13.3 Å². The van der Waals surface area contributed by atoms with Crippen molar-refractivity contribution in [2.24, 2.45) is 0 Å². The maximum atomic E-state index is 10.8. The summed E-state index contributed by atoms with van der Waals surface area (Å²) in [6.45, 7) is 2.79. The fourth-order valence-corrected chi connectivity index (χ4v) is 2.11. The molecule has 0 aliphatic carbocycles. The topological polar surface area (TPSA) is 58.2 Å². The molecule has 4 nitrogen and oxygen atoms in total. The van der Waals surface area contributed by atoms with E-state index in [-0.39, 0.29) is 6.04 Å². The number of rotatable bonds is 2. The first-order valence-electron chi connectivity index (χ1n) is 3.68. The molecular weight excluding hydrogens is 164 g/mol. The summed E-state index contributed by atoms with van der Waals surface area (Å²) < 4.78 is 24.1. The summed E-state index contributed by atoms with van der Waals surface area (Å²) >= 11 is 0. The van der Waals surface area contributed by atoms with Gasteiger partial charge in [-0.3, -0.25) is 0 Å². The standard InChI is InChI=1S/C6H14N2O2S/c1-5-3-6(4-7-5)8-11(2,9)10/h5-8H,3-4H2,1-2H3/t5-,6-/m1/s1. The molecule has 1 aliphatic heterocycles. The fraction of sp³-hybridized carbons (Fsp3) is 1.00. The van der Waals surface area contributed by atoms with Gasteiger partial charge in [0.05, 0.1) is 6.26 Å². The molecule has 1 heterocycles. The van der Waals surface area contributed by atoms with Gasteiger partial charge >= 0.3 is 0 Å². The highest BCUT2D eigenvalue weighted by Gasteiger charge is 2.22. The van der Waals surface area contributed by atoms with Crippen LogP contribution in [0.25, 0.3) is 0 Å². The van der Waals surface area contributed by atoms with Crippen molar-refractivity contribution in [2.45, 2.75) is 25.4 Å². The van der Waals surface area contributed by atoms with E-state index in [2.05, 4.69) is 10.0 Å². The van der Waals surface area contributed by atoms with Gasteiger partial charge in [-0.1, -0.05) is 0 Å². The number of sulfonamides is 1. The summed E-state index contributed by atoms with van der Waals surface area (Å²) in [5.41, 5.74) is 0. The molecule has 11 heavy (non-hydrogen) atoms. The summed E-state index contributed by atoms with van der Waals surface area (Å²) in [7, 11) is -3.02. The SMILES string of the molecule is C[C@@H]1C[C@@H](NS(C)(=O)=O)CN1. The molecule has 0 aromatic rings. The number of hydrogen-bond acceptors (Lipinski definition) is 3. The second-order valence-corrected chi connectivity index (χ2v) is 4.91. The molecule has 1 rings (SSSR count). The van der Waals surface area contributed by atoms with E-state index >= 15 is 0 Å². The molecule has 66 valence electrons. The van der Waals surface area contributed by atoms with Gasteiger partial charge in [0, 0.05) is 18.6 Å². The van der Waals surface area contributed by atoms with Crippen LogP contribution in [-0.2, 0) is 10.0 Å². The molecule has 0 amide bonds. The zero-order chi connectivity index (χ0) is 8.48. The van der Waals surface area contributed by atoms with Crippen LogP contribution in [0.5, 0.6) is 0 Å². The number of hydrogen-bond donors (Lipinski definition) is 2. The Kier molecular flexibility index (Phi) is 2.51. The molecule has 2 N–H and O–H groups in total. The van der Waals surface area contributed by atoms with Crippen molar-refractivity contribution < 1.29 is 8.42 Å². The summed E-state index contributed by atoms with van der Waals surface area (Å²) in [5, 5.41) is 3.17. The molecule has 0 bridgehead atoms. The van der Waals surface area contributed by atoms with Crippen LogP contribution in [0, 0.1) is 0 Å². The van der Waals surface area contributed by atoms with E-state index in [1.165, 1.54) is 6.26 Å². The van der Waals surface area contributed by atoms with Crippen molar-refractivity contribution in [2.75, 3.05) is 12.8 Å². The number of nitrogens with one attached hydrogen (secondary N) is 2. The highest BCUT2D eigenvalue weighted by Crippen LogP contribution is 2.05. The molecular formula is C6H14N2O2S. The van der Waals surface area contributed by atoms with Gasteiger partial charge in [0.1, 0.15) is 0 Å². The maximum absolute atomic E-state index is 10.8. The lowest BCUT2D eigenvalue weighted by Crippen LogP contribution is -2.35. The van der Waals surface area contributed by atoms with Crippen molar-refractivity contribution in [3.8, 4) is 0 Å². The molecule has 1 saturated heterocycles. The van der Waals surface area contributed by atoms with E-state index in [0.29, 0.717) is 6.04 Å². The van der Waals surface area contributed by atoms with E-state index in [9.17, 15) is 8.42 Å². The third-order valence-electron chi connectivity index (χ3n) is 1.73. The van der Waals surface area contributed by atoms with E-state index in [1.54, 1.807) is 0 Å². The minimum absolute atomic E-state index is 0.0833. The van der Waals surface area contributed by atoms with Crippen molar-refractivity contribution in [3.63, 3.8) is 0 Å². The zero-order valence-corrected chi connectivity index (χ0v) is 7.61. The second kappa shape index (κ2) is 3.08. The van der Waals surface area contributed by atoms with E-state index < -0.39 is 10.0 Å². The summed E-state index contributed by atoms with van der Waals surface area (Å²) in [5.74, 6) is 0. The molecule has 0 spiro atoms. The van der Waals surface area contributed by atoms with Crippen molar-refractivity contribution >= 4 is 10.0 Å². The smallest absolute Gasteiger partial charge is 0.208 e. The first-order chi connectivity index (χ1) is 4.97.